The van der Waals surface area contributed by atoms with E-state index in [4.69, 9.17) is 9.47 Å². The van der Waals surface area contributed by atoms with Crippen LogP contribution in [0.3, 0.4) is 0 Å². The lowest BCUT2D eigenvalue weighted by atomic mass is 10.2. The molecule has 1 amide bonds. The van der Waals surface area contributed by atoms with Crippen LogP contribution in [0.5, 0.6) is 11.5 Å². The van der Waals surface area contributed by atoms with Crippen molar-refractivity contribution in [3.8, 4) is 11.5 Å². The van der Waals surface area contributed by atoms with E-state index in [9.17, 15) is 13.2 Å². The summed E-state index contributed by atoms with van der Waals surface area (Å²) in [5.41, 5.74) is 1.42. The van der Waals surface area contributed by atoms with E-state index >= 15 is 0 Å². The van der Waals surface area contributed by atoms with Crippen molar-refractivity contribution in [2.75, 3.05) is 23.7 Å². The van der Waals surface area contributed by atoms with Crippen LogP contribution in [0.4, 0.5) is 5.69 Å². The average molecular weight is 449 g/mol. The summed E-state index contributed by atoms with van der Waals surface area (Å²) in [7, 11) is -3.52. The van der Waals surface area contributed by atoms with Crippen molar-refractivity contribution in [2.24, 2.45) is 0 Å². The third kappa shape index (κ3) is 8.13. The van der Waals surface area contributed by atoms with Crippen molar-refractivity contribution < 1.29 is 22.7 Å². The minimum absolute atomic E-state index is 0.0792. The molecule has 0 radical (unpaired) electrons. The normalized spacial score (nSPS) is 11.3. The molecule has 0 aliphatic carbocycles. The van der Waals surface area contributed by atoms with Gasteiger partial charge in [0, 0.05) is 19.5 Å². The molecule has 0 heterocycles. The second-order valence-corrected chi connectivity index (χ2v) is 9.34. The molecule has 0 aliphatic rings. The maximum absolute atomic E-state index is 12.3. The summed E-state index contributed by atoms with van der Waals surface area (Å²) in [6, 6.07) is 14.6. The summed E-state index contributed by atoms with van der Waals surface area (Å²) in [5.74, 6) is 1.13. The number of nitrogens with one attached hydrogen (secondary N) is 1. The molecule has 7 nitrogen and oxygen atoms in total. The SMILES string of the molecule is CCOc1ccccc1N(CCCC(=O)NCc1cccc(OC(C)C)c1)S(C)(=O)=O. The molecule has 0 fully saturated rings. The molecule has 31 heavy (non-hydrogen) atoms. The Balaban J connectivity index is 1.92. The van der Waals surface area contributed by atoms with Crippen LogP contribution in [0.2, 0.25) is 0 Å². The van der Waals surface area contributed by atoms with Crippen LogP contribution in [0.1, 0.15) is 39.2 Å². The zero-order chi connectivity index (χ0) is 22.9. The first kappa shape index (κ1) is 24.5. The number of carbonyl (C=O) groups is 1. The van der Waals surface area contributed by atoms with Crippen LogP contribution in [-0.4, -0.2) is 39.8 Å². The fraction of sp³-hybridized carbons (Fsp3) is 0.435. The van der Waals surface area contributed by atoms with Gasteiger partial charge in [0.2, 0.25) is 15.9 Å². The number of nitrogens with zero attached hydrogens (tertiary/aromatic N) is 1. The van der Waals surface area contributed by atoms with Gasteiger partial charge in [-0.15, -0.1) is 0 Å². The third-order valence-corrected chi connectivity index (χ3v) is 5.54. The highest BCUT2D eigenvalue weighted by atomic mass is 32.2. The van der Waals surface area contributed by atoms with Gasteiger partial charge in [-0.3, -0.25) is 9.10 Å². The maximum Gasteiger partial charge on any atom is 0.232 e. The molecule has 0 atom stereocenters. The predicted molar refractivity (Wildman–Crippen MR) is 123 cm³/mol. The number of anilines is 1. The largest absolute Gasteiger partial charge is 0.492 e. The zero-order valence-electron chi connectivity index (χ0n) is 18.6. The molecule has 2 aromatic rings. The molecule has 8 heteroatoms. The lowest BCUT2D eigenvalue weighted by molar-refractivity contribution is -0.121. The number of benzene rings is 2. The molecule has 0 aromatic heterocycles. The zero-order valence-corrected chi connectivity index (χ0v) is 19.4. The second kappa shape index (κ2) is 11.6. The Morgan fingerprint density at radius 2 is 1.87 bits per heavy atom. The van der Waals surface area contributed by atoms with Gasteiger partial charge in [-0.2, -0.15) is 0 Å². The molecule has 0 aliphatic heterocycles. The van der Waals surface area contributed by atoms with Crippen LogP contribution in [0.15, 0.2) is 48.5 Å². The second-order valence-electron chi connectivity index (χ2n) is 7.43. The summed E-state index contributed by atoms with van der Waals surface area (Å²) in [6.45, 7) is 6.77. The van der Waals surface area contributed by atoms with Gasteiger partial charge in [0.25, 0.3) is 0 Å². The van der Waals surface area contributed by atoms with E-state index in [0.717, 1.165) is 17.6 Å². The fourth-order valence-electron chi connectivity index (χ4n) is 3.08. The number of para-hydroxylation sites is 2. The smallest absolute Gasteiger partial charge is 0.232 e. The van der Waals surface area contributed by atoms with Crippen LogP contribution in [0, 0.1) is 0 Å². The van der Waals surface area contributed by atoms with Crippen molar-refractivity contribution in [1.29, 1.82) is 0 Å². The van der Waals surface area contributed by atoms with Gasteiger partial charge in [-0.05, 0) is 57.0 Å². The summed E-state index contributed by atoms with van der Waals surface area (Å²) in [4.78, 5) is 12.3. The maximum atomic E-state index is 12.3. The summed E-state index contributed by atoms with van der Waals surface area (Å²) < 4.78 is 37.2. The molecule has 0 saturated carbocycles. The molecule has 2 rings (SSSR count). The first-order chi connectivity index (χ1) is 14.7. The number of amides is 1. The van der Waals surface area contributed by atoms with E-state index in [0.29, 0.717) is 31.0 Å². The summed E-state index contributed by atoms with van der Waals surface area (Å²) >= 11 is 0. The van der Waals surface area contributed by atoms with Gasteiger partial charge < -0.3 is 14.8 Å². The lowest BCUT2D eigenvalue weighted by Crippen LogP contribution is -2.32. The van der Waals surface area contributed by atoms with Crippen LogP contribution < -0.4 is 19.1 Å². The van der Waals surface area contributed by atoms with Gasteiger partial charge in [0.1, 0.15) is 11.5 Å². The predicted octanol–water partition coefficient (Wildman–Crippen LogP) is 3.74. The van der Waals surface area contributed by atoms with Crippen molar-refractivity contribution in [2.45, 2.75) is 46.3 Å². The molecule has 2 aromatic carbocycles. The summed E-state index contributed by atoms with van der Waals surface area (Å²) in [5, 5.41) is 2.88. The van der Waals surface area contributed by atoms with Crippen molar-refractivity contribution in [3.05, 3.63) is 54.1 Å². The minimum atomic E-state index is -3.52. The fourth-order valence-corrected chi connectivity index (χ4v) is 4.05. The molecule has 0 unspecified atom stereocenters. The van der Waals surface area contributed by atoms with E-state index < -0.39 is 10.0 Å². The Morgan fingerprint density at radius 1 is 1.13 bits per heavy atom. The Bertz CT molecular complexity index is 960. The first-order valence-corrected chi connectivity index (χ1v) is 12.3. The van der Waals surface area contributed by atoms with Crippen molar-refractivity contribution in [1.82, 2.24) is 5.32 Å². The monoisotopic (exact) mass is 448 g/mol. The third-order valence-electron chi connectivity index (χ3n) is 4.36. The number of carbonyl (C=O) groups excluding carboxylic acids is 1. The Kier molecular flexibility index (Phi) is 9.18. The molecule has 0 bridgehead atoms. The number of hydrogen-bond donors (Lipinski definition) is 1. The van der Waals surface area contributed by atoms with E-state index in [-0.39, 0.29) is 25.0 Å². The Labute approximate surface area is 185 Å². The highest BCUT2D eigenvalue weighted by molar-refractivity contribution is 7.92. The van der Waals surface area contributed by atoms with Gasteiger partial charge in [-0.1, -0.05) is 24.3 Å². The van der Waals surface area contributed by atoms with Crippen LogP contribution in [0.25, 0.3) is 0 Å². The highest BCUT2D eigenvalue weighted by Gasteiger charge is 2.21. The first-order valence-electron chi connectivity index (χ1n) is 10.4. The van der Waals surface area contributed by atoms with Crippen LogP contribution >= 0.6 is 0 Å². The molecule has 0 saturated heterocycles. The lowest BCUT2D eigenvalue weighted by Gasteiger charge is -2.24. The Morgan fingerprint density at radius 3 is 2.55 bits per heavy atom. The Hall–Kier alpha value is -2.74. The number of rotatable bonds is 12. The number of hydrogen-bond acceptors (Lipinski definition) is 5. The van der Waals surface area contributed by atoms with Crippen molar-refractivity contribution >= 4 is 21.6 Å². The molecule has 170 valence electrons. The van der Waals surface area contributed by atoms with Crippen LogP contribution in [-0.2, 0) is 21.4 Å². The molecule has 0 spiro atoms. The van der Waals surface area contributed by atoms with Crippen molar-refractivity contribution in [3.63, 3.8) is 0 Å². The van der Waals surface area contributed by atoms with Gasteiger partial charge >= 0.3 is 0 Å². The van der Waals surface area contributed by atoms with E-state index in [1.165, 1.54) is 4.31 Å². The standard InChI is InChI=1S/C23H32N2O5S/c1-5-29-22-13-7-6-12-21(22)25(31(4,27)28)15-9-14-23(26)24-17-19-10-8-11-20(16-19)30-18(2)3/h6-8,10-13,16,18H,5,9,14-15,17H2,1-4H3,(H,24,26). The van der Waals surface area contributed by atoms with E-state index in [1.807, 2.05) is 45.0 Å². The summed E-state index contributed by atoms with van der Waals surface area (Å²) in [6.07, 6.45) is 1.83. The molecule has 1 N–H and O–H groups in total. The van der Waals surface area contributed by atoms with Gasteiger partial charge in [0.15, 0.2) is 0 Å². The quantitative estimate of drug-likeness (QED) is 0.535. The van der Waals surface area contributed by atoms with Gasteiger partial charge in [-0.25, -0.2) is 8.42 Å². The van der Waals surface area contributed by atoms with E-state index in [1.54, 1.807) is 24.3 Å². The number of sulfonamides is 1. The molecular weight excluding hydrogens is 416 g/mol. The topological polar surface area (TPSA) is 84.9 Å². The number of ether oxygens (including phenoxy) is 2. The molecular formula is C23H32N2O5S. The minimum Gasteiger partial charge on any atom is -0.492 e. The van der Waals surface area contributed by atoms with E-state index in [2.05, 4.69) is 5.32 Å². The average Bonchev–Trinajstić information content (AvgIpc) is 2.69. The highest BCUT2D eigenvalue weighted by Crippen LogP contribution is 2.30. The van der Waals surface area contributed by atoms with Gasteiger partial charge in [0.05, 0.1) is 24.7 Å².